The molecule has 0 N–H and O–H groups in total. The molecule has 0 atom stereocenters. The van der Waals surface area contributed by atoms with Crippen molar-refractivity contribution in [1.29, 1.82) is 0 Å². The van der Waals surface area contributed by atoms with E-state index >= 15 is 0 Å². The lowest BCUT2D eigenvalue weighted by Crippen LogP contribution is -1.95. The number of halogens is 1. The Bertz CT molecular complexity index is 465. The molecule has 0 radical (unpaired) electrons. The molecular formula is C14H13ClO. The molecule has 0 amide bonds. The zero-order valence-electron chi connectivity index (χ0n) is 9.11. The Labute approximate surface area is 101 Å². The van der Waals surface area contributed by atoms with Gasteiger partial charge in [0, 0.05) is 0 Å². The van der Waals surface area contributed by atoms with Crippen LogP contribution in [0.3, 0.4) is 0 Å². The van der Waals surface area contributed by atoms with Crippen molar-refractivity contribution in [3.8, 4) is 5.75 Å². The predicted molar refractivity (Wildman–Crippen MR) is 67.0 cm³/mol. The van der Waals surface area contributed by atoms with E-state index in [0.717, 1.165) is 16.9 Å². The summed E-state index contributed by atoms with van der Waals surface area (Å²) in [6, 6.07) is 15.8. The molecule has 0 saturated heterocycles. The predicted octanol–water partition coefficient (Wildman–Crippen LogP) is 4.23. The van der Waals surface area contributed by atoms with Crippen LogP contribution in [0.4, 0.5) is 0 Å². The zero-order valence-corrected chi connectivity index (χ0v) is 9.87. The van der Waals surface area contributed by atoms with E-state index in [1.54, 1.807) is 0 Å². The highest BCUT2D eigenvalue weighted by Crippen LogP contribution is 2.25. The number of hydrogen-bond acceptors (Lipinski definition) is 1. The Morgan fingerprint density at radius 1 is 1.06 bits per heavy atom. The van der Waals surface area contributed by atoms with Crippen molar-refractivity contribution >= 4 is 11.6 Å². The maximum atomic E-state index is 6.04. The monoisotopic (exact) mass is 232 g/mol. The lowest BCUT2D eigenvalue weighted by atomic mass is 10.2. The third kappa shape index (κ3) is 2.77. The van der Waals surface area contributed by atoms with Crippen LogP contribution in [-0.2, 0) is 6.61 Å². The molecular weight excluding hydrogens is 220 g/mol. The highest BCUT2D eigenvalue weighted by Gasteiger charge is 2.01. The molecule has 0 aliphatic carbocycles. The van der Waals surface area contributed by atoms with Gasteiger partial charge in [0.25, 0.3) is 0 Å². The van der Waals surface area contributed by atoms with Crippen LogP contribution in [0, 0.1) is 6.92 Å². The van der Waals surface area contributed by atoms with Crippen molar-refractivity contribution in [2.24, 2.45) is 0 Å². The molecule has 0 saturated carbocycles. The minimum absolute atomic E-state index is 0.546. The molecule has 0 fully saturated rings. The van der Waals surface area contributed by atoms with Crippen LogP contribution in [0.15, 0.2) is 48.5 Å². The number of ether oxygens (including phenoxy) is 1. The summed E-state index contributed by atoms with van der Waals surface area (Å²) in [6.45, 7) is 2.57. The second kappa shape index (κ2) is 5.04. The third-order valence-corrected chi connectivity index (χ3v) is 2.64. The summed E-state index contributed by atoms with van der Waals surface area (Å²) in [5, 5.41) is 0.654. The Kier molecular flexibility index (Phi) is 3.47. The Balaban J connectivity index is 2.08. The molecule has 0 spiro atoms. The van der Waals surface area contributed by atoms with Gasteiger partial charge in [0.15, 0.2) is 0 Å². The average molecular weight is 233 g/mol. The van der Waals surface area contributed by atoms with Crippen molar-refractivity contribution in [3.05, 3.63) is 64.7 Å². The smallest absolute Gasteiger partial charge is 0.138 e. The second-order valence-corrected chi connectivity index (χ2v) is 4.12. The van der Waals surface area contributed by atoms with Gasteiger partial charge in [0.2, 0.25) is 0 Å². The first-order valence-electron chi connectivity index (χ1n) is 5.18. The molecule has 1 nitrogen and oxygen atoms in total. The third-order valence-electron chi connectivity index (χ3n) is 2.32. The van der Waals surface area contributed by atoms with Crippen molar-refractivity contribution in [2.45, 2.75) is 13.5 Å². The molecule has 2 heteroatoms. The lowest BCUT2D eigenvalue weighted by Gasteiger charge is -2.08. The van der Waals surface area contributed by atoms with Crippen LogP contribution in [0.2, 0.25) is 5.02 Å². The van der Waals surface area contributed by atoms with Gasteiger partial charge in [0.1, 0.15) is 12.4 Å². The minimum Gasteiger partial charge on any atom is -0.487 e. The van der Waals surface area contributed by atoms with Crippen molar-refractivity contribution in [3.63, 3.8) is 0 Å². The van der Waals surface area contributed by atoms with E-state index in [1.807, 2.05) is 55.5 Å². The van der Waals surface area contributed by atoms with Crippen LogP contribution in [0.1, 0.15) is 11.1 Å². The number of benzene rings is 2. The summed E-state index contributed by atoms with van der Waals surface area (Å²) in [5.41, 5.74) is 2.28. The molecule has 0 heterocycles. The topological polar surface area (TPSA) is 9.23 Å². The van der Waals surface area contributed by atoms with Gasteiger partial charge >= 0.3 is 0 Å². The van der Waals surface area contributed by atoms with Gasteiger partial charge in [-0.05, 0) is 30.2 Å². The number of rotatable bonds is 3. The fourth-order valence-corrected chi connectivity index (χ4v) is 1.63. The van der Waals surface area contributed by atoms with E-state index < -0.39 is 0 Å². The Hall–Kier alpha value is -1.47. The van der Waals surface area contributed by atoms with Gasteiger partial charge in [-0.1, -0.05) is 48.0 Å². The van der Waals surface area contributed by atoms with Crippen LogP contribution in [0.5, 0.6) is 5.75 Å². The van der Waals surface area contributed by atoms with Crippen LogP contribution < -0.4 is 4.74 Å². The van der Waals surface area contributed by atoms with Gasteiger partial charge in [-0.15, -0.1) is 0 Å². The maximum Gasteiger partial charge on any atom is 0.138 e. The van der Waals surface area contributed by atoms with E-state index in [-0.39, 0.29) is 0 Å². The largest absolute Gasteiger partial charge is 0.487 e. The lowest BCUT2D eigenvalue weighted by molar-refractivity contribution is 0.306. The summed E-state index contributed by atoms with van der Waals surface area (Å²) in [6.07, 6.45) is 0. The van der Waals surface area contributed by atoms with E-state index in [1.165, 1.54) is 0 Å². The van der Waals surface area contributed by atoms with Crippen LogP contribution in [0.25, 0.3) is 0 Å². The first-order valence-corrected chi connectivity index (χ1v) is 5.56. The molecule has 0 aromatic heterocycles. The highest BCUT2D eigenvalue weighted by atomic mass is 35.5. The first-order chi connectivity index (χ1) is 7.75. The SMILES string of the molecule is Cc1ccc(Cl)c(OCc2ccccc2)c1. The number of aryl methyl sites for hydroxylation is 1. The molecule has 0 bridgehead atoms. The molecule has 2 aromatic rings. The molecule has 2 rings (SSSR count). The second-order valence-electron chi connectivity index (χ2n) is 3.71. The van der Waals surface area contributed by atoms with Gasteiger partial charge in [-0.3, -0.25) is 0 Å². The Morgan fingerprint density at radius 2 is 1.81 bits per heavy atom. The van der Waals surface area contributed by atoms with Gasteiger partial charge in [-0.2, -0.15) is 0 Å². The van der Waals surface area contributed by atoms with Gasteiger partial charge in [0.05, 0.1) is 5.02 Å². The standard InChI is InChI=1S/C14H13ClO/c1-11-7-8-13(15)14(9-11)16-10-12-5-3-2-4-6-12/h2-9H,10H2,1H3. The molecule has 0 aliphatic rings. The molecule has 82 valence electrons. The van der Waals surface area contributed by atoms with Crippen molar-refractivity contribution in [1.82, 2.24) is 0 Å². The maximum absolute atomic E-state index is 6.04. The minimum atomic E-state index is 0.546. The molecule has 0 aliphatic heterocycles. The molecule has 2 aromatic carbocycles. The van der Waals surface area contributed by atoms with E-state index in [9.17, 15) is 0 Å². The summed E-state index contributed by atoms with van der Waals surface area (Å²) in [5.74, 6) is 0.741. The zero-order chi connectivity index (χ0) is 11.4. The highest BCUT2D eigenvalue weighted by molar-refractivity contribution is 6.32. The Morgan fingerprint density at radius 3 is 2.56 bits per heavy atom. The normalized spacial score (nSPS) is 10.1. The van der Waals surface area contributed by atoms with Crippen LogP contribution in [-0.4, -0.2) is 0 Å². The summed E-state index contributed by atoms with van der Waals surface area (Å²) in [4.78, 5) is 0. The summed E-state index contributed by atoms with van der Waals surface area (Å²) in [7, 11) is 0. The fourth-order valence-electron chi connectivity index (χ4n) is 1.46. The van der Waals surface area contributed by atoms with Crippen molar-refractivity contribution < 1.29 is 4.74 Å². The average Bonchev–Trinajstić information content (AvgIpc) is 2.32. The molecule has 0 unspecified atom stereocenters. The van der Waals surface area contributed by atoms with E-state index in [0.29, 0.717) is 11.6 Å². The summed E-state index contributed by atoms with van der Waals surface area (Å²) < 4.78 is 5.67. The van der Waals surface area contributed by atoms with Gasteiger partial charge in [-0.25, -0.2) is 0 Å². The van der Waals surface area contributed by atoms with E-state index in [2.05, 4.69) is 0 Å². The van der Waals surface area contributed by atoms with Crippen LogP contribution >= 0.6 is 11.6 Å². The summed E-state index contributed by atoms with van der Waals surface area (Å²) >= 11 is 6.04. The fraction of sp³-hybridized carbons (Fsp3) is 0.143. The molecule has 16 heavy (non-hydrogen) atoms. The first kappa shape index (κ1) is 11.0. The van der Waals surface area contributed by atoms with Gasteiger partial charge < -0.3 is 4.74 Å². The quantitative estimate of drug-likeness (QED) is 0.770. The van der Waals surface area contributed by atoms with E-state index in [4.69, 9.17) is 16.3 Å². The number of hydrogen-bond donors (Lipinski definition) is 0. The van der Waals surface area contributed by atoms with Crippen molar-refractivity contribution in [2.75, 3.05) is 0 Å².